The normalized spacial score (nSPS) is 22.1. The number of ether oxygens (including phenoxy) is 1. The summed E-state index contributed by atoms with van der Waals surface area (Å²) in [6.45, 7) is 7.01. The minimum atomic E-state index is 0.0163. The molecule has 0 radical (unpaired) electrons. The molecule has 2 fully saturated rings. The van der Waals surface area contributed by atoms with Gasteiger partial charge < -0.3 is 15.0 Å². The quantitative estimate of drug-likeness (QED) is 0.579. The SMILES string of the molecule is C=C1C(Nc2nc(Oc3ccccc3Cl)n(/C=C/F)n2)C2CN(c3cc(C)ncn3)C12. The van der Waals surface area contributed by atoms with E-state index in [1.165, 1.54) is 4.68 Å². The second kappa shape index (κ2) is 7.66. The number of hydrogen-bond donors (Lipinski definition) is 1. The Bertz CT molecular complexity index is 1180. The molecule has 1 N–H and O–H groups in total. The molecule has 1 aliphatic heterocycles. The van der Waals surface area contributed by atoms with E-state index in [2.05, 4.69) is 36.8 Å². The van der Waals surface area contributed by atoms with Crippen molar-refractivity contribution in [2.45, 2.75) is 19.0 Å². The van der Waals surface area contributed by atoms with Gasteiger partial charge in [-0.2, -0.15) is 9.67 Å². The van der Waals surface area contributed by atoms with E-state index in [-0.39, 0.29) is 18.1 Å². The molecular formula is C21H19ClFN7O. The lowest BCUT2D eigenvalue weighted by atomic mass is 9.63. The van der Waals surface area contributed by atoms with Crippen molar-refractivity contribution in [3.05, 3.63) is 65.9 Å². The molecule has 1 saturated carbocycles. The van der Waals surface area contributed by atoms with Crippen LogP contribution in [0.5, 0.6) is 11.8 Å². The molecule has 0 spiro atoms. The first-order chi connectivity index (χ1) is 15.0. The number of fused-ring (bicyclic) bond motifs is 1. The number of para-hydroxylation sites is 1. The van der Waals surface area contributed by atoms with Gasteiger partial charge in [0.15, 0.2) is 0 Å². The first kappa shape index (κ1) is 19.5. The van der Waals surface area contributed by atoms with Crippen LogP contribution in [0.3, 0.4) is 0 Å². The zero-order valence-electron chi connectivity index (χ0n) is 16.6. The van der Waals surface area contributed by atoms with E-state index in [1.54, 1.807) is 30.6 Å². The Hall–Kier alpha value is -3.46. The number of halogens is 2. The van der Waals surface area contributed by atoms with Gasteiger partial charge in [-0.25, -0.2) is 14.4 Å². The Morgan fingerprint density at radius 3 is 2.90 bits per heavy atom. The maximum Gasteiger partial charge on any atom is 0.326 e. The Morgan fingerprint density at radius 1 is 1.32 bits per heavy atom. The molecule has 10 heteroatoms. The predicted octanol–water partition coefficient (Wildman–Crippen LogP) is 4.08. The topological polar surface area (TPSA) is 81.0 Å². The summed E-state index contributed by atoms with van der Waals surface area (Å²) in [5, 5.41) is 7.99. The summed E-state index contributed by atoms with van der Waals surface area (Å²) in [6.07, 6.45) is 3.06. The number of anilines is 2. The molecule has 1 aliphatic carbocycles. The van der Waals surface area contributed by atoms with Crippen LogP contribution in [-0.4, -0.2) is 43.4 Å². The fraction of sp³-hybridized carbons (Fsp3) is 0.238. The van der Waals surface area contributed by atoms with Crippen molar-refractivity contribution in [2.75, 3.05) is 16.8 Å². The lowest BCUT2D eigenvalue weighted by Crippen LogP contribution is -2.72. The van der Waals surface area contributed by atoms with Gasteiger partial charge in [-0.3, -0.25) is 0 Å². The fourth-order valence-electron chi connectivity index (χ4n) is 4.03. The molecular weight excluding hydrogens is 421 g/mol. The molecule has 1 aromatic carbocycles. The molecule has 1 saturated heterocycles. The minimum absolute atomic E-state index is 0.0163. The van der Waals surface area contributed by atoms with Crippen LogP contribution in [0.4, 0.5) is 16.2 Å². The number of aromatic nitrogens is 5. The molecule has 2 aliphatic rings. The number of benzene rings is 1. The zero-order chi connectivity index (χ0) is 21.5. The summed E-state index contributed by atoms with van der Waals surface area (Å²) in [7, 11) is 0. The van der Waals surface area contributed by atoms with Crippen LogP contribution >= 0.6 is 11.6 Å². The van der Waals surface area contributed by atoms with Crippen molar-refractivity contribution in [1.82, 2.24) is 24.7 Å². The van der Waals surface area contributed by atoms with Gasteiger partial charge in [-0.15, -0.1) is 5.10 Å². The Morgan fingerprint density at radius 2 is 2.16 bits per heavy atom. The van der Waals surface area contributed by atoms with Gasteiger partial charge >= 0.3 is 6.01 Å². The smallest absolute Gasteiger partial charge is 0.326 e. The highest BCUT2D eigenvalue weighted by Crippen LogP contribution is 2.48. The summed E-state index contributed by atoms with van der Waals surface area (Å²) in [5.41, 5.74) is 1.95. The summed E-state index contributed by atoms with van der Waals surface area (Å²) in [6, 6.07) is 9.27. The third kappa shape index (κ3) is 3.40. The summed E-state index contributed by atoms with van der Waals surface area (Å²) in [4.78, 5) is 15.1. The van der Waals surface area contributed by atoms with Crippen LogP contribution in [0, 0.1) is 12.8 Å². The maximum absolute atomic E-state index is 12.8. The number of aryl methyl sites for hydroxylation is 1. The van der Waals surface area contributed by atoms with Crippen molar-refractivity contribution < 1.29 is 9.13 Å². The van der Waals surface area contributed by atoms with E-state index in [0.29, 0.717) is 29.0 Å². The molecule has 3 atom stereocenters. The standard InChI is InChI=1S/C21H19ClFN7O/c1-12-9-17(25-11-24-12)29-10-14-18(13(2)19(14)29)26-20-27-21(30(28-20)8-7-23)31-16-6-4-3-5-15(16)22/h3-9,11,14,18-19H,2,10H2,1H3,(H,26,28)/b8-7+. The Balaban J connectivity index is 1.30. The van der Waals surface area contributed by atoms with Crippen LogP contribution < -0.4 is 15.0 Å². The third-order valence-corrected chi connectivity index (χ3v) is 5.87. The van der Waals surface area contributed by atoms with E-state index in [4.69, 9.17) is 16.3 Å². The van der Waals surface area contributed by atoms with Gasteiger partial charge in [0.05, 0.1) is 23.3 Å². The zero-order valence-corrected chi connectivity index (χ0v) is 17.4. The van der Waals surface area contributed by atoms with Crippen molar-refractivity contribution >= 4 is 29.6 Å². The molecule has 3 aromatic rings. The molecule has 3 unspecified atom stereocenters. The van der Waals surface area contributed by atoms with Crippen LogP contribution in [0.2, 0.25) is 5.02 Å². The lowest BCUT2D eigenvalue weighted by molar-refractivity contribution is 0.216. The number of nitrogens with zero attached hydrogens (tertiary/aromatic N) is 6. The molecule has 31 heavy (non-hydrogen) atoms. The summed E-state index contributed by atoms with van der Waals surface area (Å²) < 4.78 is 19.8. The lowest BCUT2D eigenvalue weighted by Gasteiger charge is -2.61. The highest BCUT2D eigenvalue weighted by molar-refractivity contribution is 6.32. The highest BCUT2D eigenvalue weighted by atomic mass is 35.5. The highest BCUT2D eigenvalue weighted by Gasteiger charge is 2.56. The Labute approximate surface area is 183 Å². The van der Waals surface area contributed by atoms with E-state index >= 15 is 0 Å². The second-order valence-corrected chi connectivity index (χ2v) is 7.85. The summed E-state index contributed by atoms with van der Waals surface area (Å²) in [5.74, 6) is 1.99. The maximum atomic E-state index is 12.8. The first-order valence-electron chi connectivity index (χ1n) is 9.71. The van der Waals surface area contributed by atoms with Crippen molar-refractivity contribution in [1.29, 1.82) is 0 Å². The van der Waals surface area contributed by atoms with Crippen molar-refractivity contribution in [2.24, 2.45) is 5.92 Å². The molecule has 5 rings (SSSR count). The van der Waals surface area contributed by atoms with Gasteiger partial charge in [-0.1, -0.05) is 30.3 Å². The number of nitrogens with one attached hydrogen (secondary N) is 1. The molecule has 8 nitrogen and oxygen atoms in total. The van der Waals surface area contributed by atoms with E-state index in [0.717, 1.165) is 29.8 Å². The average molecular weight is 440 g/mol. The van der Waals surface area contributed by atoms with E-state index < -0.39 is 0 Å². The molecule has 158 valence electrons. The van der Waals surface area contributed by atoms with Gasteiger partial charge in [0.1, 0.15) is 24.2 Å². The van der Waals surface area contributed by atoms with E-state index in [9.17, 15) is 4.39 Å². The molecule has 0 amide bonds. The van der Waals surface area contributed by atoms with Crippen molar-refractivity contribution in [3.8, 4) is 11.8 Å². The third-order valence-electron chi connectivity index (χ3n) is 5.56. The van der Waals surface area contributed by atoms with Crippen LogP contribution in [0.25, 0.3) is 6.20 Å². The van der Waals surface area contributed by atoms with Gasteiger partial charge in [0, 0.05) is 24.2 Å². The van der Waals surface area contributed by atoms with Crippen molar-refractivity contribution in [3.63, 3.8) is 0 Å². The van der Waals surface area contributed by atoms with Crippen LogP contribution in [0.15, 0.2) is 55.1 Å². The first-order valence-corrected chi connectivity index (χ1v) is 10.1. The number of rotatable bonds is 6. The van der Waals surface area contributed by atoms with Gasteiger partial charge in [0.2, 0.25) is 5.95 Å². The van der Waals surface area contributed by atoms with Crippen LogP contribution in [-0.2, 0) is 0 Å². The minimum Gasteiger partial charge on any atom is -0.423 e. The van der Waals surface area contributed by atoms with Gasteiger partial charge in [0.25, 0.3) is 0 Å². The fourth-order valence-corrected chi connectivity index (χ4v) is 4.20. The Kier molecular flexibility index (Phi) is 4.82. The van der Waals surface area contributed by atoms with Crippen LogP contribution in [0.1, 0.15) is 5.69 Å². The monoisotopic (exact) mass is 439 g/mol. The van der Waals surface area contributed by atoms with E-state index in [1.807, 2.05) is 13.0 Å². The number of piperidine rings is 1. The largest absolute Gasteiger partial charge is 0.423 e. The number of hydrogen-bond acceptors (Lipinski definition) is 7. The molecule has 0 bridgehead atoms. The summed E-state index contributed by atoms with van der Waals surface area (Å²) >= 11 is 6.15. The average Bonchev–Trinajstić information content (AvgIpc) is 3.10. The van der Waals surface area contributed by atoms with Gasteiger partial charge in [-0.05, 0) is 24.6 Å². The predicted molar refractivity (Wildman–Crippen MR) is 116 cm³/mol. The second-order valence-electron chi connectivity index (χ2n) is 7.45. The molecule has 3 heterocycles. The molecule has 2 aromatic heterocycles.